The Balaban J connectivity index is 1.43. The molecular formula is C27H24F2N4O6S. The molecular weight excluding hydrogens is 546 g/mol. The molecule has 2 aromatic carbocycles. The number of fused-ring (bicyclic) bond motifs is 2. The van der Waals surface area contributed by atoms with Gasteiger partial charge in [0.15, 0.2) is 11.6 Å². The second-order valence-electron chi connectivity index (χ2n) is 10.2. The molecule has 0 saturated carbocycles. The van der Waals surface area contributed by atoms with Gasteiger partial charge in [-0.15, -0.1) is 11.8 Å². The summed E-state index contributed by atoms with van der Waals surface area (Å²) in [5.41, 5.74) is -0.836. The fraction of sp³-hybridized carbons (Fsp3) is 0.296. The van der Waals surface area contributed by atoms with E-state index in [2.05, 4.69) is 10.6 Å². The second kappa shape index (κ2) is 9.73. The van der Waals surface area contributed by atoms with Gasteiger partial charge in [-0.05, 0) is 25.5 Å². The number of nitrogens with zero attached hydrogens (tertiary/aromatic N) is 2. The van der Waals surface area contributed by atoms with Gasteiger partial charge in [-0.2, -0.15) is 0 Å². The third-order valence-electron chi connectivity index (χ3n) is 7.12. The summed E-state index contributed by atoms with van der Waals surface area (Å²) in [4.78, 5) is 65.7. The van der Waals surface area contributed by atoms with E-state index in [1.165, 1.54) is 28.3 Å². The first-order valence-electron chi connectivity index (χ1n) is 12.2. The average Bonchev–Trinajstić information content (AvgIpc) is 3.17. The van der Waals surface area contributed by atoms with Gasteiger partial charge in [-0.3, -0.25) is 19.2 Å². The molecule has 2 aliphatic rings. The van der Waals surface area contributed by atoms with Gasteiger partial charge in [0.25, 0.3) is 5.91 Å². The maximum atomic E-state index is 13.9. The van der Waals surface area contributed by atoms with Crippen molar-refractivity contribution < 1.29 is 33.1 Å². The van der Waals surface area contributed by atoms with Crippen LogP contribution in [0.15, 0.2) is 53.5 Å². The van der Waals surface area contributed by atoms with Crippen molar-refractivity contribution in [2.45, 2.75) is 42.1 Å². The van der Waals surface area contributed by atoms with Gasteiger partial charge in [-0.1, -0.05) is 30.3 Å². The Morgan fingerprint density at radius 1 is 1.07 bits per heavy atom. The Bertz CT molecular complexity index is 1640. The number of carboxylic acid groups (broad SMARTS) is 1. The molecule has 40 heavy (non-hydrogen) atoms. The SMILES string of the molecule is Cn1cc(C(=O)N[C@@H](C(=O)N[C@@H]2C(=O)N3[C@@H]2SC(C)(C)[C@@H]3C(=O)O)c2ccccc2)c(=O)c2cc(F)c(F)cc21. The summed E-state index contributed by atoms with van der Waals surface area (Å²) in [7, 11) is 1.45. The minimum atomic E-state index is -1.34. The van der Waals surface area contributed by atoms with E-state index in [-0.39, 0.29) is 10.9 Å². The lowest BCUT2D eigenvalue weighted by molar-refractivity contribution is -0.161. The molecule has 0 aliphatic carbocycles. The van der Waals surface area contributed by atoms with E-state index < -0.39 is 74.6 Å². The monoisotopic (exact) mass is 570 g/mol. The minimum Gasteiger partial charge on any atom is -0.480 e. The highest BCUT2D eigenvalue weighted by molar-refractivity contribution is 8.01. The standard InChI is InChI=1S/C27H24F2N4O6S/c1-27(2)21(26(38)39)33-24(37)19(25(33)40-27)31-23(36)18(12-7-5-4-6-8-12)30-22(35)14-11-32(3)17-10-16(29)15(28)9-13(17)20(14)34/h4-11,18-19,21,25H,1-3H3,(H,30,35)(H,31,36)(H,38,39)/t18-,19-,21+,25-/m1/s1. The van der Waals surface area contributed by atoms with E-state index in [1.54, 1.807) is 44.2 Å². The lowest BCUT2D eigenvalue weighted by Crippen LogP contribution is -2.71. The van der Waals surface area contributed by atoms with Gasteiger partial charge in [-0.25, -0.2) is 13.6 Å². The van der Waals surface area contributed by atoms with E-state index in [1.807, 2.05) is 0 Å². The number of hydrogen-bond acceptors (Lipinski definition) is 6. The summed E-state index contributed by atoms with van der Waals surface area (Å²) in [5, 5.41) is 13.9. The minimum absolute atomic E-state index is 0.0718. The van der Waals surface area contributed by atoms with E-state index in [9.17, 15) is 37.9 Å². The average molecular weight is 571 g/mol. The van der Waals surface area contributed by atoms with Gasteiger partial charge in [0.05, 0.1) is 5.52 Å². The number of aromatic nitrogens is 1. The molecule has 5 rings (SSSR count). The number of carbonyl (C=O) groups excluding carboxylic acids is 3. The highest BCUT2D eigenvalue weighted by atomic mass is 32.2. The summed E-state index contributed by atoms with van der Waals surface area (Å²) >= 11 is 1.25. The molecule has 10 nitrogen and oxygen atoms in total. The lowest BCUT2D eigenvalue weighted by atomic mass is 9.95. The smallest absolute Gasteiger partial charge is 0.327 e. The number of hydrogen-bond donors (Lipinski definition) is 3. The Labute approximate surface area is 230 Å². The van der Waals surface area contributed by atoms with Crippen LogP contribution in [0.5, 0.6) is 0 Å². The van der Waals surface area contributed by atoms with Gasteiger partial charge in [0.1, 0.15) is 29.1 Å². The summed E-state index contributed by atoms with van der Waals surface area (Å²) < 4.78 is 28.1. The molecule has 3 aromatic rings. The second-order valence-corrected chi connectivity index (χ2v) is 11.9. The van der Waals surface area contributed by atoms with Crippen LogP contribution < -0.4 is 16.1 Å². The van der Waals surface area contributed by atoms with Gasteiger partial charge >= 0.3 is 5.97 Å². The summed E-state index contributed by atoms with van der Waals surface area (Å²) in [6.45, 7) is 3.41. The number of nitrogens with one attached hydrogen (secondary N) is 2. The number of amides is 3. The zero-order valence-corrected chi connectivity index (χ0v) is 22.3. The third kappa shape index (κ3) is 4.39. The number of halogens is 2. The Morgan fingerprint density at radius 3 is 2.38 bits per heavy atom. The van der Waals surface area contributed by atoms with Crippen LogP contribution in [0.4, 0.5) is 8.78 Å². The normalized spacial score (nSPS) is 21.9. The van der Waals surface area contributed by atoms with Crippen LogP contribution >= 0.6 is 11.8 Å². The highest BCUT2D eigenvalue weighted by Crippen LogP contribution is 2.50. The van der Waals surface area contributed by atoms with E-state index >= 15 is 0 Å². The van der Waals surface area contributed by atoms with Crippen molar-refractivity contribution in [2.24, 2.45) is 7.05 Å². The van der Waals surface area contributed by atoms with Crippen molar-refractivity contribution >= 4 is 46.4 Å². The molecule has 1 aromatic heterocycles. The van der Waals surface area contributed by atoms with Crippen LogP contribution in [0.3, 0.4) is 0 Å². The first-order valence-corrected chi connectivity index (χ1v) is 13.1. The summed E-state index contributed by atoms with van der Waals surface area (Å²) in [5.74, 6) is -5.79. The fourth-order valence-electron chi connectivity index (χ4n) is 5.18. The van der Waals surface area contributed by atoms with E-state index in [4.69, 9.17) is 0 Å². The molecule has 2 fully saturated rings. The molecule has 2 aliphatic heterocycles. The number of benzene rings is 2. The maximum Gasteiger partial charge on any atom is 0.327 e. The van der Waals surface area contributed by atoms with E-state index in [0.29, 0.717) is 11.6 Å². The number of thioether (sulfide) groups is 1. The number of aryl methyl sites for hydroxylation is 1. The van der Waals surface area contributed by atoms with Crippen LogP contribution in [0.2, 0.25) is 0 Å². The van der Waals surface area contributed by atoms with Crippen LogP contribution in [-0.4, -0.2) is 60.5 Å². The van der Waals surface area contributed by atoms with Crippen molar-refractivity contribution in [3.05, 3.63) is 81.6 Å². The summed E-state index contributed by atoms with van der Waals surface area (Å²) in [6.07, 6.45) is 1.16. The number of aliphatic carboxylic acids is 1. The Morgan fingerprint density at radius 2 is 1.73 bits per heavy atom. The fourth-order valence-corrected chi connectivity index (χ4v) is 6.80. The molecule has 0 unspecified atom stereocenters. The van der Waals surface area contributed by atoms with Crippen molar-refractivity contribution in [2.75, 3.05) is 0 Å². The number of carboxylic acids is 1. The van der Waals surface area contributed by atoms with Crippen molar-refractivity contribution in [1.82, 2.24) is 20.1 Å². The van der Waals surface area contributed by atoms with Gasteiger partial charge in [0.2, 0.25) is 17.2 Å². The molecule has 0 bridgehead atoms. The van der Waals surface area contributed by atoms with Crippen LogP contribution in [-0.2, 0) is 21.4 Å². The summed E-state index contributed by atoms with van der Waals surface area (Å²) in [6, 6.07) is 6.27. The first-order chi connectivity index (χ1) is 18.8. The number of β-lactam (4-membered cyclic amide) rings is 1. The maximum absolute atomic E-state index is 13.9. The molecule has 3 N–H and O–H groups in total. The van der Waals surface area contributed by atoms with Crippen molar-refractivity contribution in [3.8, 4) is 0 Å². The Kier molecular flexibility index (Phi) is 6.65. The first kappa shape index (κ1) is 27.3. The van der Waals surface area contributed by atoms with Crippen molar-refractivity contribution in [3.63, 3.8) is 0 Å². The highest BCUT2D eigenvalue weighted by Gasteiger charge is 2.64. The zero-order chi connectivity index (χ0) is 29.1. The zero-order valence-electron chi connectivity index (χ0n) is 21.5. The van der Waals surface area contributed by atoms with Crippen molar-refractivity contribution in [1.29, 1.82) is 0 Å². The predicted octanol–water partition coefficient (Wildman–Crippen LogP) is 1.92. The molecule has 208 valence electrons. The molecule has 3 amide bonds. The van der Waals surface area contributed by atoms with Gasteiger partial charge < -0.3 is 25.2 Å². The van der Waals surface area contributed by atoms with Crippen LogP contribution in [0.1, 0.15) is 35.8 Å². The molecule has 2 saturated heterocycles. The largest absolute Gasteiger partial charge is 0.480 e. The Hall–Kier alpha value is -4.26. The van der Waals surface area contributed by atoms with Gasteiger partial charge in [0, 0.05) is 29.4 Å². The molecule has 3 heterocycles. The topological polar surface area (TPSA) is 138 Å². The van der Waals surface area contributed by atoms with E-state index in [0.717, 1.165) is 12.3 Å². The number of carbonyl (C=O) groups is 4. The van der Waals surface area contributed by atoms with Crippen LogP contribution in [0, 0.1) is 11.6 Å². The number of rotatable bonds is 6. The molecule has 13 heteroatoms. The predicted molar refractivity (Wildman–Crippen MR) is 141 cm³/mol. The van der Waals surface area contributed by atoms with Crippen LogP contribution in [0.25, 0.3) is 10.9 Å². The quantitative estimate of drug-likeness (QED) is 0.385. The lowest BCUT2D eigenvalue weighted by Gasteiger charge is -2.44. The number of pyridine rings is 1. The molecule has 0 radical (unpaired) electrons. The third-order valence-corrected chi connectivity index (χ3v) is 8.69. The molecule has 0 spiro atoms. The molecule has 4 atom stereocenters.